The van der Waals surface area contributed by atoms with Crippen LogP contribution in [0.1, 0.15) is 50.4 Å². The Morgan fingerprint density at radius 2 is 1.55 bits per heavy atom. The third kappa shape index (κ3) is 6.95. The first kappa shape index (κ1) is 29.8. The van der Waals surface area contributed by atoms with Gasteiger partial charge < -0.3 is 19.4 Å². The summed E-state index contributed by atoms with van der Waals surface area (Å²) < 4.78 is 24.9. The smallest absolute Gasteiger partial charge is 0.287 e. The molecule has 2 aliphatic heterocycles. The van der Waals surface area contributed by atoms with Gasteiger partial charge in [0, 0.05) is 69.3 Å². The minimum Gasteiger partial charge on any atom is -0.494 e. The molecule has 2 fully saturated rings. The second kappa shape index (κ2) is 13.2. The maximum atomic E-state index is 14.1. The number of carbonyl (C=O) groups excluding carboxylic acids is 2. The molecule has 1 N–H and O–H groups in total. The summed E-state index contributed by atoms with van der Waals surface area (Å²) in [5, 5.41) is 3.84. The van der Waals surface area contributed by atoms with E-state index in [2.05, 4.69) is 46.3 Å². The molecule has 2 aliphatic rings. The van der Waals surface area contributed by atoms with Crippen LogP contribution in [0.2, 0.25) is 0 Å². The molecule has 4 aromatic rings. The number of hydrogen-bond donors (Lipinski definition) is 1. The molecule has 0 atom stereocenters. The van der Waals surface area contributed by atoms with Gasteiger partial charge in [-0.25, -0.2) is 4.39 Å². The van der Waals surface area contributed by atoms with Crippen LogP contribution in [-0.4, -0.2) is 78.9 Å². The van der Waals surface area contributed by atoms with E-state index in [1.165, 1.54) is 24.3 Å². The third-order valence-corrected chi connectivity index (χ3v) is 8.72. The lowest BCUT2D eigenvalue weighted by Crippen LogP contribution is -2.48. The number of carbonyl (C=O) groups is 2. The van der Waals surface area contributed by atoms with Crippen molar-refractivity contribution in [1.29, 1.82) is 0 Å². The van der Waals surface area contributed by atoms with Gasteiger partial charge in [0.15, 0.2) is 17.3 Å². The highest BCUT2D eigenvalue weighted by Gasteiger charge is 2.25. The fraction of sp³-hybridized carbons (Fsp3) is 0.371. The maximum Gasteiger partial charge on any atom is 0.287 e. The number of nitrogens with zero attached hydrogens (tertiary/aromatic N) is 3. The predicted octanol–water partition coefficient (Wildman–Crippen LogP) is 5.24. The Kier molecular flexibility index (Phi) is 8.95. The summed E-state index contributed by atoms with van der Waals surface area (Å²) >= 11 is 0. The van der Waals surface area contributed by atoms with Crippen LogP contribution in [0.5, 0.6) is 5.75 Å². The second-order valence-electron chi connectivity index (χ2n) is 11.9. The standard InChI is InChI=1S/C35H39FN4O4/c1-24-3-5-25(6-4-24)22-39-15-17-40(18-16-39)35(42)27-8-10-31-28(20-27)21-33(44-31)34(41)37-29-11-13-38(14-12-29)23-26-7-9-32(43-2)30(36)19-26/h3-10,19-21,29H,11-18,22-23H2,1-2H3,(H,37,41). The lowest BCUT2D eigenvalue weighted by molar-refractivity contribution is 0.0628. The number of methoxy groups -OCH3 is 1. The van der Waals surface area contributed by atoms with Crippen molar-refractivity contribution in [3.63, 3.8) is 0 Å². The first-order valence-corrected chi connectivity index (χ1v) is 15.3. The van der Waals surface area contributed by atoms with E-state index in [9.17, 15) is 14.0 Å². The van der Waals surface area contributed by atoms with Crippen molar-refractivity contribution in [2.45, 2.75) is 38.9 Å². The first-order chi connectivity index (χ1) is 21.3. The number of piperazine rings is 1. The molecule has 3 aromatic carbocycles. The summed E-state index contributed by atoms with van der Waals surface area (Å²) in [4.78, 5) is 32.9. The Labute approximate surface area is 257 Å². The zero-order valence-corrected chi connectivity index (χ0v) is 25.4. The van der Waals surface area contributed by atoms with Gasteiger partial charge >= 0.3 is 0 Å². The van der Waals surface area contributed by atoms with E-state index in [-0.39, 0.29) is 35.2 Å². The zero-order chi connectivity index (χ0) is 30.6. The number of furan rings is 1. The Hall–Kier alpha value is -4.21. The molecule has 8 nitrogen and oxygen atoms in total. The van der Waals surface area contributed by atoms with Crippen LogP contribution in [0.3, 0.4) is 0 Å². The van der Waals surface area contributed by atoms with E-state index in [0.29, 0.717) is 30.8 Å². The van der Waals surface area contributed by atoms with Gasteiger partial charge in [-0.2, -0.15) is 0 Å². The highest BCUT2D eigenvalue weighted by atomic mass is 19.1. The monoisotopic (exact) mass is 598 g/mol. The summed E-state index contributed by atoms with van der Waals surface area (Å²) in [6, 6.07) is 20.8. The third-order valence-electron chi connectivity index (χ3n) is 8.72. The molecule has 0 unspecified atom stereocenters. The molecule has 6 rings (SSSR count). The van der Waals surface area contributed by atoms with E-state index < -0.39 is 0 Å². The van der Waals surface area contributed by atoms with Crippen molar-refractivity contribution in [3.05, 3.63) is 101 Å². The number of halogens is 1. The number of amides is 2. The average Bonchev–Trinajstić information content (AvgIpc) is 3.47. The molecule has 0 radical (unpaired) electrons. The molecule has 0 saturated carbocycles. The highest BCUT2D eigenvalue weighted by Crippen LogP contribution is 2.24. The largest absolute Gasteiger partial charge is 0.494 e. The van der Waals surface area contributed by atoms with Crippen LogP contribution in [0.25, 0.3) is 11.0 Å². The lowest BCUT2D eigenvalue weighted by atomic mass is 10.0. The van der Waals surface area contributed by atoms with Crippen LogP contribution in [-0.2, 0) is 13.1 Å². The fourth-order valence-corrected chi connectivity index (χ4v) is 6.09. The number of benzene rings is 3. The normalized spacial score (nSPS) is 16.8. The van der Waals surface area contributed by atoms with Gasteiger partial charge in [0.05, 0.1) is 7.11 Å². The van der Waals surface area contributed by atoms with Crippen LogP contribution in [0.15, 0.2) is 71.1 Å². The van der Waals surface area contributed by atoms with Crippen molar-refractivity contribution in [3.8, 4) is 5.75 Å². The topological polar surface area (TPSA) is 78.3 Å². The van der Waals surface area contributed by atoms with Gasteiger partial charge in [-0.1, -0.05) is 35.9 Å². The minimum atomic E-state index is -0.359. The molecule has 0 aliphatic carbocycles. The SMILES string of the molecule is COc1ccc(CN2CCC(NC(=O)c3cc4cc(C(=O)N5CCN(Cc6ccc(C)cc6)CC5)ccc4o3)CC2)cc1F. The van der Waals surface area contributed by atoms with Crippen LogP contribution < -0.4 is 10.1 Å². The van der Waals surface area contributed by atoms with Crippen molar-refractivity contribution < 1.29 is 23.1 Å². The molecule has 3 heterocycles. The molecule has 1 aromatic heterocycles. The number of fused-ring (bicyclic) bond motifs is 1. The van der Waals surface area contributed by atoms with E-state index in [4.69, 9.17) is 9.15 Å². The number of aryl methyl sites for hydroxylation is 1. The number of hydrogen-bond acceptors (Lipinski definition) is 6. The minimum absolute atomic E-state index is 0.00164. The summed E-state index contributed by atoms with van der Waals surface area (Å²) in [5.41, 5.74) is 4.61. The molecule has 44 heavy (non-hydrogen) atoms. The average molecular weight is 599 g/mol. The van der Waals surface area contributed by atoms with Crippen molar-refractivity contribution in [2.75, 3.05) is 46.4 Å². The highest BCUT2D eigenvalue weighted by molar-refractivity contribution is 6.00. The van der Waals surface area contributed by atoms with Gasteiger partial charge in [0.25, 0.3) is 11.8 Å². The van der Waals surface area contributed by atoms with E-state index >= 15 is 0 Å². The molecule has 0 spiro atoms. The predicted molar refractivity (Wildman–Crippen MR) is 167 cm³/mol. The summed E-state index contributed by atoms with van der Waals surface area (Å²) in [6.45, 7) is 8.23. The molecule has 2 amide bonds. The van der Waals surface area contributed by atoms with E-state index in [1.54, 1.807) is 24.3 Å². The number of nitrogens with one attached hydrogen (secondary N) is 1. The van der Waals surface area contributed by atoms with Crippen LogP contribution >= 0.6 is 0 Å². The summed E-state index contributed by atoms with van der Waals surface area (Å²) in [6.07, 6.45) is 1.59. The van der Waals surface area contributed by atoms with E-state index in [0.717, 1.165) is 56.5 Å². The Balaban J connectivity index is 0.994. The fourth-order valence-electron chi connectivity index (χ4n) is 6.09. The quantitative estimate of drug-likeness (QED) is 0.299. The number of ether oxygens (including phenoxy) is 1. The van der Waals surface area contributed by atoms with Crippen molar-refractivity contribution in [2.24, 2.45) is 0 Å². The van der Waals surface area contributed by atoms with Crippen LogP contribution in [0, 0.1) is 12.7 Å². The maximum absolute atomic E-state index is 14.1. The number of likely N-dealkylation sites (tertiary alicyclic amines) is 1. The van der Waals surface area contributed by atoms with Gasteiger partial charge in [-0.15, -0.1) is 0 Å². The zero-order valence-electron chi connectivity index (χ0n) is 25.4. The van der Waals surface area contributed by atoms with Gasteiger partial charge in [-0.3, -0.25) is 19.4 Å². The van der Waals surface area contributed by atoms with E-state index in [1.807, 2.05) is 17.0 Å². The lowest BCUT2D eigenvalue weighted by Gasteiger charge is -2.34. The van der Waals surface area contributed by atoms with Gasteiger partial charge in [0.1, 0.15) is 5.58 Å². The number of rotatable bonds is 8. The molecule has 0 bridgehead atoms. The first-order valence-electron chi connectivity index (χ1n) is 15.3. The van der Waals surface area contributed by atoms with Gasteiger partial charge in [-0.05, 0) is 67.3 Å². The van der Waals surface area contributed by atoms with Crippen LogP contribution in [0.4, 0.5) is 4.39 Å². The Bertz CT molecular complexity index is 1620. The molecular formula is C35H39FN4O4. The molecular weight excluding hydrogens is 559 g/mol. The molecule has 9 heteroatoms. The van der Waals surface area contributed by atoms with Crippen molar-refractivity contribution >= 4 is 22.8 Å². The summed E-state index contributed by atoms with van der Waals surface area (Å²) in [7, 11) is 1.46. The molecule has 230 valence electrons. The Morgan fingerprint density at radius 1 is 0.864 bits per heavy atom. The summed E-state index contributed by atoms with van der Waals surface area (Å²) in [5.74, 6) is -0.133. The molecule has 2 saturated heterocycles. The second-order valence-corrected chi connectivity index (χ2v) is 11.9. The van der Waals surface area contributed by atoms with Crippen molar-refractivity contribution in [1.82, 2.24) is 20.0 Å². The Morgan fingerprint density at radius 3 is 2.25 bits per heavy atom. The number of piperidine rings is 1. The van der Waals surface area contributed by atoms with Gasteiger partial charge in [0.2, 0.25) is 0 Å².